The van der Waals surface area contributed by atoms with Gasteiger partial charge in [0.05, 0.1) is 17.4 Å². The first-order valence-electron chi connectivity index (χ1n) is 12.3. The highest BCUT2D eigenvalue weighted by molar-refractivity contribution is 6.01. The predicted molar refractivity (Wildman–Crippen MR) is 139 cm³/mol. The number of nitrogens with one attached hydrogen (secondary N) is 2. The van der Waals surface area contributed by atoms with E-state index in [0.717, 1.165) is 19.5 Å². The molecule has 0 saturated heterocycles. The first-order valence-corrected chi connectivity index (χ1v) is 12.3. The van der Waals surface area contributed by atoms with Gasteiger partial charge in [-0.25, -0.2) is 9.18 Å². The van der Waals surface area contributed by atoms with Gasteiger partial charge in [-0.1, -0.05) is 26.0 Å². The van der Waals surface area contributed by atoms with Crippen molar-refractivity contribution in [1.29, 1.82) is 0 Å². The van der Waals surface area contributed by atoms with E-state index in [1.807, 2.05) is 0 Å². The molecule has 0 spiro atoms. The van der Waals surface area contributed by atoms with Gasteiger partial charge < -0.3 is 25.0 Å². The zero-order valence-corrected chi connectivity index (χ0v) is 21.7. The molecule has 0 aliphatic carbocycles. The van der Waals surface area contributed by atoms with Crippen LogP contribution in [0, 0.1) is 11.7 Å². The number of amides is 3. The van der Waals surface area contributed by atoms with Crippen LogP contribution in [0.5, 0.6) is 5.75 Å². The van der Waals surface area contributed by atoms with Gasteiger partial charge in [-0.15, -0.1) is 0 Å². The largest absolute Gasteiger partial charge is 0.491 e. The molecule has 2 aromatic carbocycles. The second-order valence-corrected chi connectivity index (χ2v) is 9.36. The maximum atomic E-state index is 13.9. The molecule has 0 aromatic heterocycles. The van der Waals surface area contributed by atoms with Crippen molar-refractivity contribution < 1.29 is 23.5 Å². The summed E-state index contributed by atoms with van der Waals surface area (Å²) in [7, 11) is 3.43. The van der Waals surface area contributed by atoms with E-state index in [-0.39, 0.29) is 29.7 Å². The molecule has 1 aliphatic heterocycles. The maximum absolute atomic E-state index is 13.9. The average molecular weight is 501 g/mol. The summed E-state index contributed by atoms with van der Waals surface area (Å²) in [6.07, 6.45) is 0.895. The number of halogens is 1. The highest BCUT2D eigenvalue weighted by Crippen LogP contribution is 2.27. The summed E-state index contributed by atoms with van der Waals surface area (Å²) < 4.78 is 25.8. The number of hydrogen-bond acceptors (Lipinski definition) is 5. The van der Waals surface area contributed by atoms with Crippen molar-refractivity contribution in [2.45, 2.75) is 39.3 Å². The molecule has 1 aliphatic rings. The van der Waals surface area contributed by atoms with E-state index in [0.29, 0.717) is 30.2 Å². The van der Waals surface area contributed by atoms with E-state index in [1.165, 1.54) is 12.1 Å². The van der Waals surface area contributed by atoms with Gasteiger partial charge in [-0.2, -0.15) is 0 Å². The van der Waals surface area contributed by atoms with E-state index in [1.54, 1.807) is 49.4 Å². The molecule has 0 unspecified atom stereocenters. The van der Waals surface area contributed by atoms with Gasteiger partial charge >= 0.3 is 6.03 Å². The lowest BCUT2D eigenvalue weighted by Crippen LogP contribution is -2.46. The normalized spacial score (nSPS) is 21.6. The van der Waals surface area contributed by atoms with Gasteiger partial charge in [-0.3, -0.25) is 9.69 Å². The summed E-state index contributed by atoms with van der Waals surface area (Å²) in [4.78, 5) is 29.8. The van der Waals surface area contributed by atoms with Crippen molar-refractivity contribution >= 4 is 23.3 Å². The van der Waals surface area contributed by atoms with Crippen LogP contribution in [0.1, 0.15) is 37.6 Å². The number of likely N-dealkylation sites (N-methyl/N-ethyl adjacent to an activating group) is 1. The summed E-state index contributed by atoms with van der Waals surface area (Å²) in [5, 5.41) is 5.18. The monoisotopic (exact) mass is 500 g/mol. The molecular weight excluding hydrogens is 463 g/mol. The Morgan fingerprint density at radius 1 is 1.17 bits per heavy atom. The molecule has 1 heterocycles. The molecule has 0 saturated carbocycles. The summed E-state index contributed by atoms with van der Waals surface area (Å²) in [5.41, 5.74) is 0.891. The number of para-hydroxylation sites is 1. The number of anilines is 2. The number of ether oxygens (including phenoxy) is 2. The molecule has 0 bridgehead atoms. The van der Waals surface area contributed by atoms with Gasteiger partial charge in [0.1, 0.15) is 18.2 Å². The van der Waals surface area contributed by atoms with Crippen LogP contribution in [-0.4, -0.2) is 74.3 Å². The third kappa shape index (κ3) is 6.95. The summed E-state index contributed by atoms with van der Waals surface area (Å²) in [6, 6.07) is 10.3. The van der Waals surface area contributed by atoms with E-state index in [4.69, 9.17) is 9.47 Å². The Kier molecular flexibility index (Phi) is 9.66. The number of fused-ring (bicyclic) bond motifs is 1. The van der Waals surface area contributed by atoms with Crippen LogP contribution >= 0.6 is 0 Å². The number of hydrogen-bond donors (Lipinski definition) is 2. The molecule has 0 radical (unpaired) electrons. The number of methoxy groups -OCH3 is 1. The second-order valence-electron chi connectivity index (χ2n) is 9.36. The van der Waals surface area contributed by atoms with Gasteiger partial charge in [0, 0.05) is 45.0 Å². The molecule has 0 fully saturated rings. The van der Waals surface area contributed by atoms with Gasteiger partial charge in [0.2, 0.25) is 0 Å². The van der Waals surface area contributed by atoms with Crippen LogP contribution in [0.15, 0.2) is 42.5 Å². The average Bonchev–Trinajstić information content (AvgIpc) is 2.85. The predicted octanol–water partition coefficient (Wildman–Crippen LogP) is 4.69. The molecular formula is C27H37FN4O4. The van der Waals surface area contributed by atoms with E-state index in [9.17, 15) is 14.0 Å². The first-order chi connectivity index (χ1) is 17.2. The van der Waals surface area contributed by atoms with Crippen LogP contribution in [0.4, 0.5) is 20.6 Å². The minimum Gasteiger partial charge on any atom is -0.491 e. The van der Waals surface area contributed by atoms with Crippen molar-refractivity contribution in [1.82, 2.24) is 9.80 Å². The number of urea groups is 1. The topological polar surface area (TPSA) is 83.1 Å². The summed E-state index contributed by atoms with van der Waals surface area (Å²) in [6.45, 7) is 8.96. The number of nitrogens with zero attached hydrogens (tertiary/aromatic N) is 2. The summed E-state index contributed by atoms with van der Waals surface area (Å²) in [5.74, 6) is -0.129. The van der Waals surface area contributed by atoms with Crippen molar-refractivity contribution in [2.75, 3.05) is 51.0 Å². The Labute approximate surface area is 212 Å². The Morgan fingerprint density at radius 3 is 2.61 bits per heavy atom. The standard InChI is InChI=1S/C27H37FN4O4/c1-6-13-32-15-18(2)25(35-5)16-31(4)26(33)21-12-11-20(14-24(21)36-17-19(32)3)29-27(34)30-23-10-8-7-9-22(23)28/h7-12,14,18-19,25H,6,13,15-17H2,1-5H3,(H2,29,30,34)/t18-,19+,25+/m0/s1. The Hall–Kier alpha value is -3.17. The summed E-state index contributed by atoms with van der Waals surface area (Å²) >= 11 is 0. The highest BCUT2D eigenvalue weighted by Gasteiger charge is 2.28. The Balaban J connectivity index is 1.86. The van der Waals surface area contributed by atoms with E-state index in [2.05, 4.69) is 36.3 Å². The molecule has 9 heteroatoms. The molecule has 3 atom stereocenters. The van der Waals surface area contributed by atoms with Crippen LogP contribution < -0.4 is 15.4 Å². The molecule has 8 nitrogen and oxygen atoms in total. The molecule has 2 aromatic rings. The zero-order chi connectivity index (χ0) is 26.2. The van der Waals surface area contributed by atoms with Gasteiger partial charge in [0.25, 0.3) is 5.91 Å². The quantitative estimate of drug-likeness (QED) is 0.623. The number of carbonyl (C=O) groups is 2. The SMILES string of the molecule is CCCN1C[C@H](C)[C@H](OC)CN(C)C(=O)c2ccc(NC(=O)Nc3ccccc3F)cc2OC[C@H]1C. The van der Waals surface area contributed by atoms with Crippen molar-refractivity contribution in [3.8, 4) is 5.75 Å². The second kappa shape index (κ2) is 12.7. The lowest BCUT2D eigenvalue weighted by atomic mass is 10.0. The number of rotatable bonds is 5. The van der Waals surface area contributed by atoms with Gasteiger partial charge in [-0.05, 0) is 50.1 Å². The minimum atomic E-state index is -0.601. The van der Waals surface area contributed by atoms with Crippen LogP contribution in [0.3, 0.4) is 0 Å². The van der Waals surface area contributed by atoms with Crippen LogP contribution in [0.25, 0.3) is 0 Å². The van der Waals surface area contributed by atoms with E-state index < -0.39 is 11.8 Å². The maximum Gasteiger partial charge on any atom is 0.323 e. The molecule has 196 valence electrons. The van der Waals surface area contributed by atoms with Crippen LogP contribution in [-0.2, 0) is 4.74 Å². The minimum absolute atomic E-state index is 0.0705. The fourth-order valence-electron chi connectivity index (χ4n) is 4.37. The lowest BCUT2D eigenvalue weighted by Gasteiger charge is -2.35. The smallest absolute Gasteiger partial charge is 0.323 e. The van der Waals surface area contributed by atoms with Crippen molar-refractivity contribution in [2.24, 2.45) is 5.92 Å². The third-order valence-electron chi connectivity index (χ3n) is 6.47. The zero-order valence-electron chi connectivity index (χ0n) is 21.7. The molecule has 3 rings (SSSR count). The fraction of sp³-hybridized carbons (Fsp3) is 0.481. The first kappa shape index (κ1) is 27.4. The molecule has 2 N–H and O–H groups in total. The molecule has 3 amide bonds. The Bertz CT molecular complexity index is 1050. The van der Waals surface area contributed by atoms with Crippen molar-refractivity contribution in [3.05, 3.63) is 53.8 Å². The lowest BCUT2D eigenvalue weighted by molar-refractivity contribution is 0.0108. The fourth-order valence-corrected chi connectivity index (χ4v) is 4.37. The molecule has 36 heavy (non-hydrogen) atoms. The van der Waals surface area contributed by atoms with E-state index >= 15 is 0 Å². The highest BCUT2D eigenvalue weighted by atomic mass is 19.1. The van der Waals surface area contributed by atoms with Crippen molar-refractivity contribution in [3.63, 3.8) is 0 Å². The number of carbonyl (C=O) groups excluding carboxylic acids is 2. The Morgan fingerprint density at radius 2 is 1.92 bits per heavy atom. The number of benzene rings is 2. The van der Waals surface area contributed by atoms with Gasteiger partial charge in [0.15, 0.2) is 0 Å². The van der Waals surface area contributed by atoms with Crippen LogP contribution in [0.2, 0.25) is 0 Å². The third-order valence-corrected chi connectivity index (χ3v) is 6.47.